The van der Waals surface area contributed by atoms with Crippen LogP contribution in [-0.4, -0.2) is 59.0 Å². The predicted octanol–water partition coefficient (Wildman–Crippen LogP) is 0.0471. The number of amides is 1. The molecule has 4 rings (SSSR count). The van der Waals surface area contributed by atoms with Crippen LogP contribution in [0.15, 0.2) is 72.2 Å². The van der Waals surface area contributed by atoms with Crippen LogP contribution < -0.4 is 16.8 Å². The highest BCUT2D eigenvalue weighted by atomic mass is 16.4. The van der Waals surface area contributed by atoms with E-state index in [0.29, 0.717) is 28.1 Å². The van der Waals surface area contributed by atoms with Crippen molar-refractivity contribution in [2.45, 2.75) is 19.0 Å². The molecule has 0 aliphatic heterocycles. The van der Waals surface area contributed by atoms with Crippen molar-refractivity contribution in [3.63, 3.8) is 0 Å². The minimum atomic E-state index is -1.09. The first-order chi connectivity index (χ1) is 16.9. The highest BCUT2D eigenvalue weighted by Gasteiger charge is 2.15. The molecular weight excluding hydrogens is 452 g/mol. The number of guanidine groups is 1. The summed E-state index contributed by atoms with van der Waals surface area (Å²) in [7, 11) is 0. The molecule has 1 unspecified atom stereocenters. The lowest BCUT2D eigenvalue weighted by molar-refractivity contribution is -0.138. The first-order valence-corrected chi connectivity index (χ1v) is 10.5. The van der Waals surface area contributed by atoms with Gasteiger partial charge in [0.1, 0.15) is 6.04 Å². The number of carbonyl (C=O) groups excluding carboxylic acids is 1. The van der Waals surface area contributed by atoms with Crippen LogP contribution in [0.5, 0.6) is 0 Å². The normalized spacial score (nSPS) is 12.3. The number of benzene rings is 2. The van der Waals surface area contributed by atoms with Crippen molar-refractivity contribution in [2.75, 3.05) is 0 Å². The van der Waals surface area contributed by atoms with E-state index in [9.17, 15) is 9.59 Å². The molecule has 0 saturated heterocycles. The van der Waals surface area contributed by atoms with Crippen LogP contribution >= 0.6 is 0 Å². The fourth-order valence-corrected chi connectivity index (χ4v) is 3.31. The van der Waals surface area contributed by atoms with Crippen molar-refractivity contribution in [1.82, 2.24) is 35.3 Å². The lowest BCUT2D eigenvalue weighted by Gasteiger charge is -2.12. The van der Waals surface area contributed by atoms with Gasteiger partial charge in [-0.1, -0.05) is 18.2 Å². The number of carboxylic acids is 1. The van der Waals surface area contributed by atoms with Gasteiger partial charge in [-0.2, -0.15) is 30.0 Å². The minimum absolute atomic E-state index is 0.0884. The van der Waals surface area contributed by atoms with Crippen LogP contribution in [0.2, 0.25) is 0 Å². The van der Waals surface area contributed by atoms with Crippen LogP contribution in [0.25, 0.3) is 11.4 Å². The summed E-state index contributed by atoms with van der Waals surface area (Å²) in [5.74, 6) is -1.64. The zero-order chi connectivity index (χ0) is 24.8. The predicted molar refractivity (Wildman–Crippen MR) is 125 cm³/mol. The quantitative estimate of drug-likeness (QED) is 0.202. The Labute approximate surface area is 199 Å². The average Bonchev–Trinajstić information content (AvgIpc) is 3.57. The molecule has 2 aromatic carbocycles. The molecule has 4 aromatic rings. The van der Waals surface area contributed by atoms with Crippen LogP contribution in [0.1, 0.15) is 21.5 Å². The fourth-order valence-electron chi connectivity index (χ4n) is 3.31. The Balaban J connectivity index is 1.50. The van der Waals surface area contributed by atoms with E-state index in [-0.39, 0.29) is 18.9 Å². The minimum Gasteiger partial charge on any atom is -0.480 e. The highest BCUT2D eigenvalue weighted by molar-refractivity contribution is 6.05. The molecule has 1 amide bonds. The van der Waals surface area contributed by atoms with E-state index in [1.165, 1.54) is 9.59 Å². The molecule has 0 aliphatic rings. The van der Waals surface area contributed by atoms with Crippen molar-refractivity contribution >= 4 is 17.8 Å². The number of aliphatic carboxylic acids is 1. The van der Waals surface area contributed by atoms with E-state index in [1.807, 2.05) is 18.2 Å². The Morgan fingerprint density at radius 1 is 0.943 bits per heavy atom. The summed E-state index contributed by atoms with van der Waals surface area (Å²) in [6.07, 6.45) is 6.38. The Hall–Kier alpha value is -4.91. The third-order valence-electron chi connectivity index (χ3n) is 5.03. The van der Waals surface area contributed by atoms with E-state index in [4.69, 9.17) is 16.6 Å². The zero-order valence-electron chi connectivity index (χ0n) is 18.4. The van der Waals surface area contributed by atoms with E-state index >= 15 is 0 Å². The maximum atomic E-state index is 12.6. The van der Waals surface area contributed by atoms with Crippen molar-refractivity contribution < 1.29 is 14.7 Å². The van der Waals surface area contributed by atoms with Gasteiger partial charge >= 0.3 is 5.97 Å². The monoisotopic (exact) mass is 474 g/mol. The Morgan fingerprint density at radius 2 is 1.49 bits per heavy atom. The van der Waals surface area contributed by atoms with E-state index in [1.54, 1.807) is 49.1 Å². The second-order valence-corrected chi connectivity index (χ2v) is 7.41. The van der Waals surface area contributed by atoms with Gasteiger partial charge in [0, 0.05) is 11.1 Å². The van der Waals surface area contributed by atoms with Gasteiger partial charge in [0.15, 0.2) is 5.96 Å². The molecule has 2 aromatic heterocycles. The summed E-state index contributed by atoms with van der Waals surface area (Å²) in [5, 5.41) is 28.2. The summed E-state index contributed by atoms with van der Waals surface area (Å²) in [6, 6.07) is 10.9. The molecule has 35 heavy (non-hydrogen) atoms. The van der Waals surface area contributed by atoms with E-state index < -0.39 is 17.9 Å². The number of hydrogen-bond acceptors (Lipinski definition) is 8. The molecule has 0 spiro atoms. The first-order valence-electron chi connectivity index (χ1n) is 10.5. The molecule has 0 fully saturated rings. The summed E-state index contributed by atoms with van der Waals surface area (Å²) in [5.41, 5.74) is 14.6. The first kappa shape index (κ1) is 23.3. The summed E-state index contributed by atoms with van der Waals surface area (Å²) in [4.78, 5) is 30.7. The van der Waals surface area contributed by atoms with E-state index in [0.717, 1.165) is 0 Å². The van der Waals surface area contributed by atoms with Gasteiger partial charge in [-0.3, -0.25) is 14.9 Å². The van der Waals surface area contributed by atoms with Gasteiger partial charge in [-0.25, -0.2) is 4.99 Å². The van der Waals surface area contributed by atoms with Crippen molar-refractivity contribution in [2.24, 2.45) is 16.5 Å². The molecule has 0 bridgehead atoms. The molecule has 1 atom stereocenters. The number of carbonyl (C=O) groups is 2. The number of rotatable bonds is 8. The summed E-state index contributed by atoms with van der Waals surface area (Å²) in [6.45, 7) is 0.0900. The Kier molecular flexibility index (Phi) is 6.88. The molecule has 0 saturated carbocycles. The molecule has 13 heteroatoms. The molecule has 0 radical (unpaired) electrons. The third kappa shape index (κ3) is 5.54. The largest absolute Gasteiger partial charge is 0.480 e. The number of nitrogens with two attached hydrogens (primary N) is 2. The molecule has 0 aliphatic carbocycles. The van der Waals surface area contributed by atoms with Gasteiger partial charge in [0.2, 0.25) is 0 Å². The van der Waals surface area contributed by atoms with Gasteiger partial charge in [0.05, 0.1) is 42.7 Å². The maximum Gasteiger partial charge on any atom is 0.320 e. The fraction of sp³-hybridized carbons (Fsp3) is 0.136. The van der Waals surface area contributed by atoms with Crippen molar-refractivity contribution in [3.05, 3.63) is 83.9 Å². The van der Waals surface area contributed by atoms with Gasteiger partial charge in [0.25, 0.3) is 5.91 Å². The number of nitrogens with zero attached hydrogens (tertiary/aromatic N) is 7. The third-order valence-corrected chi connectivity index (χ3v) is 5.03. The van der Waals surface area contributed by atoms with Crippen LogP contribution in [-0.2, 0) is 17.8 Å². The number of aromatic nitrogens is 6. The Morgan fingerprint density at radius 3 is 2.00 bits per heavy atom. The van der Waals surface area contributed by atoms with Crippen LogP contribution in [0.4, 0.5) is 0 Å². The number of nitrogens with one attached hydrogen (secondary N) is 1. The number of carboxylic acid groups (broad SMARTS) is 1. The molecule has 178 valence electrons. The average molecular weight is 474 g/mol. The van der Waals surface area contributed by atoms with Crippen molar-refractivity contribution in [3.8, 4) is 11.4 Å². The smallest absolute Gasteiger partial charge is 0.320 e. The molecular formula is C22H22N10O3. The van der Waals surface area contributed by atoms with E-state index in [2.05, 4.69) is 30.7 Å². The second kappa shape index (κ2) is 10.4. The molecule has 6 N–H and O–H groups in total. The zero-order valence-corrected chi connectivity index (χ0v) is 18.4. The maximum absolute atomic E-state index is 12.6. The second-order valence-electron chi connectivity index (χ2n) is 7.41. The number of hydrogen-bond donors (Lipinski definition) is 4. The van der Waals surface area contributed by atoms with Crippen LogP contribution in [0, 0.1) is 0 Å². The SMILES string of the molecule is NC(=NCc1c(-n2nccn2)cccc1-n1nccn1)NC(=O)c1ccc(CC(N)C(=O)O)cc1. The van der Waals surface area contributed by atoms with Gasteiger partial charge in [-0.05, 0) is 36.2 Å². The topological polar surface area (TPSA) is 192 Å². The summed E-state index contributed by atoms with van der Waals surface area (Å²) >= 11 is 0. The highest BCUT2D eigenvalue weighted by Crippen LogP contribution is 2.21. The van der Waals surface area contributed by atoms with Crippen molar-refractivity contribution in [1.29, 1.82) is 0 Å². The lowest BCUT2D eigenvalue weighted by atomic mass is 10.0. The van der Waals surface area contributed by atoms with Crippen LogP contribution in [0.3, 0.4) is 0 Å². The Bertz CT molecular complexity index is 1280. The number of aliphatic imine (C=N–C) groups is 1. The molecule has 2 heterocycles. The lowest BCUT2D eigenvalue weighted by Crippen LogP contribution is -2.37. The van der Waals surface area contributed by atoms with Gasteiger partial charge < -0.3 is 16.6 Å². The molecule has 13 nitrogen and oxygen atoms in total. The van der Waals surface area contributed by atoms with Gasteiger partial charge in [-0.15, -0.1) is 0 Å². The standard InChI is InChI=1S/C22H22N10O3/c23-17(21(34)35)12-14-4-6-15(7-5-14)20(33)30-22(24)25-13-16-18(31-26-8-9-27-31)2-1-3-19(16)32-28-10-11-29-32/h1-11,17H,12-13,23H2,(H,34,35)(H3,24,25,30,33). The summed E-state index contributed by atoms with van der Waals surface area (Å²) < 4.78 is 0.